The van der Waals surface area contributed by atoms with Crippen molar-refractivity contribution in [3.05, 3.63) is 16.6 Å². The quantitative estimate of drug-likeness (QED) is 0.494. The van der Waals surface area contributed by atoms with E-state index in [1.165, 1.54) is 11.3 Å². The molecule has 0 fully saturated rings. The standard InChI is InChI=1S/C4HN2S/c5-3-4-6-1-2-7-4/h2H. The highest BCUT2D eigenvalue weighted by molar-refractivity contribution is 7.10. The fraction of sp³-hybridized carbons (Fsp3) is 0. The average molecular weight is 109 g/mol. The molecule has 0 saturated heterocycles. The molecule has 1 aromatic rings. The van der Waals surface area contributed by atoms with Crippen LogP contribution in [0.1, 0.15) is 5.01 Å². The van der Waals surface area contributed by atoms with E-state index in [0.29, 0.717) is 5.01 Å². The van der Waals surface area contributed by atoms with Gasteiger partial charge in [-0.25, -0.2) is 4.98 Å². The van der Waals surface area contributed by atoms with Gasteiger partial charge in [0.2, 0.25) is 0 Å². The van der Waals surface area contributed by atoms with Crippen molar-refractivity contribution in [2.45, 2.75) is 0 Å². The summed E-state index contributed by atoms with van der Waals surface area (Å²) in [6.45, 7) is 0. The normalized spacial score (nSPS) is 7.86. The van der Waals surface area contributed by atoms with Crippen molar-refractivity contribution < 1.29 is 0 Å². The van der Waals surface area contributed by atoms with E-state index in [0.717, 1.165) is 0 Å². The molecule has 1 heterocycles. The van der Waals surface area contributed by atoms with Crippen molar-refractivity contribution in [3.63, 3.8) is 0 Å². The maximum Gasteiger partial charge on any atom is 0.194 e. The first kappa shape index (κ1) is 4.28. The van der Waals surface area contributed by atoms with E-state index < -0.39 is 0 Å². The molecule has 1 rings (SSSR count). The van der Waals surface area contributed by atoms with Crippen LogP contribution in [0.3, 0.4) is 0 Å². The Hall–Kier alpha value is -0.880. The number of hydrogen-bond donors (Lipinski definition) is 0. The number of nitrogens with zero attached hydrogens (tertiary/aromatic N) is 2. The van der Waals surface area contributed by atoms with E-state index in [1.54, 1.807) is 5.38 Å². The molecule has 0 aromatic carbocycles. The Morgan fingerprint density at radius 3 is 3.14 bits per heavy atom. The van der Waals surface area contributed by atoms with Crippen LogP contribution in [0.25, 0.3) is 0 Å². The molecule has 3 heteroatoms. The molecule has 0 amide bonds. The van der Waals surface area contributed by atoms with E-state index in [2.05, 4.69) is 11.2 Å². The highest BCUT2D eigenvalue weighted by Crippen LogP contribution is 1.98. The monoisotopic (exact) mass is 109 g/mol. The van der Waals surface area contributed by atoms with Crippen LogP contribution in [0.4, 0.5) is 0 Å². The first-order chi connectivity index (χ1) is 3.43. The SMILES string of the molecule is N#Cc1n[c]cs1. The van der Waals surface area contributed by atoms with Crippen molar-refractivity contribution in [2.75, 3.05) is 0 Å². The van der Waals surface area contributed by atoms with Gasteiger partial charge in [-0.3, -0.25) is 0 Å². The highest BCUT2D eigenvalue weighted by Gasteiger charge is 1.85. The Morgan fingerprint density at radius 1 is 2.00 bits per heavy atom. The lowest BCUT2D eigenvalue weighted by molar-refractivity contribution is 1.34. The molecule has 2 nitrogen and oxygen atoms in total. The third-order valence-electron chi connectivity index (χ3n) is 0.485. The second-order valence-corrected chi connectivity index (χ2v) is 1.75. The van der Waals surface area contributed by atoms with Gasteiger partial charge in [-0.2, -0.15) is 5.26 Å². The summed E-state index contributed by atoms with van der Waals surface area (Å²) < 4.78 is 0. The van der Waals surface area contributed by atoms with Crippen molar-refractivity contribution >= 4 is 11.3 Å². The Labute approximate surface area is 45.0 Å². The van der Waals surface area contributed by atoms with Gasteiger partial charge in [0.05, 0.1) is 0 Å². The summed E-state index contributed by atoms with van der Waals surface area (Å²) in [6.07, 6.45) is 2.53. The lowest BCUT2D eigenvalue weighted by atomic mass is 10.8. The number of rotatable bonds is 0. The second kappa shape index (κ2) is 1.71. The molecule has 0 unspecified atom stereocenters. The minimum Gasteiger partial charge on any atom is -0.224 e. The van der Waals surface area contributed by atoms with Crippen LogP contribution in [-0.2, 0) is 0 Å². The fourth-order valence-electron chi connectivity index (χ4n) is 0.245. The van der Waals surface area contributed by atoms with Gasteiger partial charge in [-0.1, -0.05) is 0 Å². The first-order valence-corrected chi connectivity index (χ1v) is 2.53. The Balaban J connectivity index is 3.04. The average Bonchev–Trinajstić information content (AvgIpc) is 2.14. The van der Waals surface area contributed by atoms with Crippen molar-refractivity contribution in [3.8, 4) is 6.07 Å². The zero-order chi connectivity index (χ0) is 5.11. The maximum atomic E-state index is 8.10. The molecule has 0 spiro atoms. The van der Waals surface area contributed by atoms with Crippen LogP contribution < -0.4 is 0 Å². The van der Waals surface area contributed by atoms with Crippen LogP contribution in [0.2, 0.25) is 0 Å². The third-order valence-corrected chi connectivity index (χ3v) is 1.11. The predicted molar refractivity (Wildman–Crippen MR) is 25.7 cm³/mol. The molecule has 7 heavy (non-hydrogen) atoms. The topological polar surface area (TPSA) is 36.7 Å². The largest absolute Gasteiger partial charge is 0.224 e. The lowest BCUT2D eigenvalue weighted by Gasteiger charge is -1.61. The minimum atomic E-state index is 0.472. The zero-order valence-electron chi connectivity index (χ0n) is 3.38. The third kappa shape index (κ3) is 0.756. The number of aromatic nitrogens is 1. The molecular weight excluding hydrogens is 108 g/mol. The van der Waals surface area contributed by atoms with Gasteiger partial charge >= 0.3 is 0 Å². The first-order valence-electron chi connectivity index (χ1n) is 1.65. The molecule has 1 aromatic heterocycles. The summed E-state index contributed by atoms with van der Waals surface area (Å²) in [5, 5.41) is 10.2. The lowest BCUT2D eigenvalue weighted by Crippen LogP contribution is -1.61. The minimum absolute atomic E-state index is 0.472. The van der Waals surface area contributed by atoms with Gasteiger partial charge in [0.15, 0.2) is 5.01 Å². The smallest absolute Gasteiger partial charge is 0.194 e. The van der Waals surface area contributed by atoms with Crippen LogP contribution >= 0.6 is 11.3 Å². The van der Waals surface area contributed by atoms with Gasteiger partial charge in [0.25, 0.3) is 0 Å². The molecule has 1 radical (unpaired) electrons. The van der Waals surface area contributed by atoms with Gasteiger partial charge in [-0.15, -0.1) is 11.3 Å². The zero-order valence-corrected chi connectivity index (χ0v) is 4.20. The van der Waals surface area contributed by atoms with Gasteiger partial charge in [0, 0.05) is 5.38 Å². The Kier molecular flexibility index (Phi) is 1.05. The molecule has 33 valence electrons. The number of nitriles is 1. The fourth-order valence-corrected chi connectivity index (χ4v) is 0.620. The number of thiazole rings is 1. The van der Waals surface area contributed by atoms with E-state index in [1.807, 2.05) is 6.07 Å². The van der Waals surface area contributed by atoms with Crippen LogP contribution in [0.5, 0.6) is 0 Å². The van der Waals surface area contributed by atoms with Crippen molar-refractivity contribution in [2.24, 2.45) is 0 Å². The molecule has 0 N–H and O–H groups in total. The Morgan fingerprint density at radius 2 is 2.86 bits per heavy atom. The highest BCUT2D eigenvalue weighted by atomic mass is 32.1. The van der Waals surface area contributed by atoms with Crippen LogP contribution in [0, 0.1) is 17.5 Å². The van der Waals surface area contributed by atoms with Crippen molar-refractivity contribution in [1.82, 2.24) is 4.98 Å². The summed E-state index contributed by atoms with van der Waals surface area (Å²) in [5.74, 6) is 0. The van der Waals surface area contributed by atoms with Gasteiger partial charge in [-0.05, 0) is 0 Å². The summed E-state index contributed by atoms with van der Waals surface area (Å²) in [6, 6.07) is 1.88. The van der Waals surface area contributed by atoms with Crippen LogP contribution in [0.15, 0.2) is 5.38 Å². The molecule has 0 atom stereocenters. The summed E-state index contributed by atoms with van der Waals surface area (Å²) in [4.78, 5) is 3.57. The second-order valence-electron chi connectivity index (χ2n) is 0.894. The number of hydrogen-bond acceptors (Lipinski definition) is 3. The molecule has 0 aliphatic rings. The van der Waals surface area contributed by atoms with Crippen molar-refractivity contribution in [1.29, 1.82) is 5.26 Å². The molecule has 0 saturated carbocycles. The van der Waals surface area contributed by atoms with Crippen LogP contribution in [-0.4, -0.2) is 4.98 Å². The van der Waals surface area contributed by atoms with Gasteiger partial charge in [0.1, 0.15) is 12.3 Å². The maximum absolute atomic E-state index is 8.10. The molecule has 0 aliphatic carbocycles. The molecular formula is C4HN2S. The Bertz CT molecular complexity index is 172. The van der Waals surface area contributed by atoms with E-state index in [9.17, 15) is 0 Å². The summed E-state index contributed by atoms with van der Waals surface area (Å²) in [5.41, 5.74) is 0. The summed E-state index contributed by atoms with van der Waals surface area (Å²) >= 11 is 1.30. The molecule has 0 aliphatic heterocycles. The van der Waals surface area contributed by atoms with Gasteiger partial charge < -0.3 is 0 Å². The van der Waals surface area contributed by atoms with E-state index in [-0.39, 0.29) is 0 Å². The van der Waals surface area contributed by atoms with E-state index >= 15 is 0 Å². The molecule has 0 bridgehead atoms. The summed E-state index contributed by atoms with van der Waals surface area (Å²) in [7, 11) is 0. The predicted octanol–water partition coefficient (Wildman–Crippen LogP) is 0.815. The van der Waals surface area contributed by atoms with E-state index in [4.69, 9.17) is 5.26 Å².